The molecule has 0 amide bonds. The summed E-state index contributed by atoms with van der Waals surface area (Å²) in [5, 5.41) is 13.6. The predicted octanol–water partition coefficient (Wildman–Crippen LogP) is 1.50. The molecule has 0 saturated carbocycles. The fourth-order valence-corrected chi connectivity index (χ4v) is 1.57. The molecule has 1 aliphatic heterocycles. The second-order valence-corrected chi connectivity index (χ2v) is 4.15. The molecule has 18 heavy (non-hydrogen) atoms. The zero-order valence-electron chi connectivity index (χ0n) is 9.66. The van der Waals surface area contributed by atoms with Gasteiger partial charge in [0.05, 0.1) is 35.8 Å². The Balaban J connectivity index is 1.95. The van der Waals surface area contributed by atoms with Crippen LogP contribution in [0.4, 0.5) is 5.69 Å². The highest BCUT2D eigenvalue weighted by Crippen LogP contribution is 2.17. The van der Waals surface area contributed by atoms with Gasteiger partial charge in [0.2, 0.25) is 0 Å². The number of pyridine rings is 1. The summed E-state index contributed by atoms with van der Waals surface area (Å²) in [5.74, 6) is 0. The third-order valence-corrected chi connectivity index (χ3v) is 2.73. The first-order chi connectivity index (χ1) is 8.70. The molecule has 0 unspecified atom stereocenters. The van der Waals surface area contributed by atoms with Gasteiger partial charge in [-0.05, 0) is 6.07 Å². The van der Waals surface area contributed by atoms with Crippen molar-refractivity contribution in [2.45, 2.75) is 12.6 Å². The van der Waals surface area contributed by atoms with Crippen molar-refractivity contribution < 1.29 is 4.74 Å². The third-order valence-electron chi connectivity index (χ3n) is 2.41. The van der Waals surface area contributed by atoms with Crippen molar-refractivity contribution in [2.24, 2.45) is 15.4 Å². The molecule has 7 nitrogen and oxygen atoms in total. The molecule has 2 rings (SSSR count). The van der Waals surface area contributed by atoms with Crippen molar-refractivity contribution in [1.82, 2.24) is 10.1 Å². The molecule has 0 bridgehead atoms. The van der Waals surface area contributed by atoms with Crippen molar-refractivity contribution in [2.75, 3.05) is 18.9 Å². The molecule has 1 aliphatic rings. The Morgan fingerprint density at radius 1 is 1.61 bits per heavy atom. The van der Waals surface area contributed by atoms with Crippen LogP contribution in [0.1, 0.15) is 5.69 Å². The Morgan fingerprint density at radius 3 is 2.94 bits per heavy atom. The van der Waals surface area contributed by atoms with E-state index in [-0.39, 0.29) is 12.6 Å². The van der Waals surface area contributed by atoms with Crippen molar-refractivity contribution in [3.05, 3.63) is 23.0 Å². The molecule has 1 saturated heterocycles. The van der Waals surface area contributed by atoms with Gasteiger partial charge < -0.3 is 10.5 Å². The van der Waals surface area contributed by atoms with E-state index < -0.39 is 0 Å². The van der Waals surface area contributed by atoms with Crippen LogP contribution in [0.15, 0.2) is 27.7 Å². The van der Waals surface area contributed by atoms with Crippen LogP contribution in [0.3, 0.4) is 0 Å². The zero-order valence-corrected chi connectivity index (χ0v) is 10.4. The van der Waals surface area contributed by atoms with Gasteiger partial charge >= 0.3 is 0 Å². The SMILES string of the molecule is C=NN(N=NCc1ncc(N)cc1Cl)C1COC1. The molecule has 1 fully saturated rings. The van der Waals surface area contributed by atoms with Gasteiger partial charge in [-0.1, -0.05) is 16.8 Å². The van der Waals surface area contributed by atoms with Crippen LogP contribution in [0, 0.1) is 0 Å². The lowest BCUT2D eigenvalue weighted by molar-refractivity contribution is -0.0667. The van der Waals surface area contributed by atoms with E-state index in [1.807, 2.05) is 0 Å². The lowest BCUT2D eigenvalue weighted by Gasteiger charge is -2.30. The van der Waals surface area contributed by atoms with E-state index in [9.17, 15) is 0 Å². The third kappa shape index (κ3) is 2.93. The maximum atomic E-state index is 5.97. The van der Waals surface area contributed by atoms with Gasteiger partial charge in [0.1, 0.15) is 12.6 Å². The smallest absolute Gasteiger partial charge is 0.120 e. The highest BCUT2D eigenvalue weighted by atomic mass is 35.5. The first kappa shape index (κ1) is 12.7. The minimum absolute atomic E-state index is 0.112. The fourth-order valence-electron chi connectivity index (χ4n) is 1.33. The quantitative estimate of drug-likeness (QED) is 0.498. The fraction of sp³-hybridized carbons (Fsp3) is 0.400. The average molecular weight is 269 g/mol. The molecule has 0 atom stereocenters. The molecular formula is C10H13ClN6O. The number of ether oxygens (including phenoxy) is 1. The van der Waals surface area contributed by atoms with Crippen LogP contribution in [0.5, 0.6) is 0 Å². The number of rotatable bonds is 5. The van der Waals surface area contributed by atoms with Crippen molar-refractivity contribution in [1.29, 1.82) is 0 Å². The summed E-state index contributed by atoms with van der Waals surface area (Å²) in [6, 6.07) is 1.74. The number of hydrazone groups is 1. The first-order valence-electron chi connectivity index (χ1n) is 5.31. The molecule has 0 spiro atoms. The number of halogens is 1. The van der Waals surface area contributed by atoms with E-state index in [0.29, 0.717) is 29.6 Å². The van der Waals surface area contributed by atoms with Crippen LogP contribution in [-0.4, -0.2) is 36.1 Å². The summed E-state index contributed by atoms with van der Waals surface area (Å²) in [5.41, 5.74) is 6.67. The van der Waals surface area contributed by atoms with E-state index >= 15 is 0 Å². The Kier molecular flexibility index (Phi) is 4.06. The predicted molar refractivity (Wildman–Crippen MR) is 68.2 cm³/mol. The molecule has 2 heterocycles. The molecule has 0 aliphatic carbocycles. The second-order valence-electron chi connectivity index (χ2n) is 3.74. The van der Waals surface area contributed by atoms with Crippen LogP contribution >= 0.6 is 11.6 Å². The van der Waals surface area contributed by atoms with E-state index in [1.54, 1.807) is 6.07 Å². The second kappa shape index (κ2) is 5.74. The lowest BCUT2D eigenvalue weighted by atomic mass is 10.3. The van der Waals surface area contributed by atoms with Crippen LogP contribution < -0.4 is 5.73 Å². The van der Waals surface area contributed by atoms with Gasteiger partial charge in [-0.2, -0.15) is 15.3 Å². The minimum atomic E-state index is 0.112. The number of nitrogens with zero attached hydrogens (tertiary/aromatic N) is 5. The van der Waals surface area contributed by atoms with E-state index in [1.165, 1.54) is 11.3 Å². The monoisotopic (exact) mass is 268 g/mol. The average Bonchev–Trinajstić information content (AvgIpc) is 2.28. The Hall–Kier alpha value is -1.73. The molecule has 1 aromatic rings. The molecule has 1 aromatic heterocycles. The van der Waals surface area contributed by atoms with Crippen molar-refractivity contribution in [3.8, 4) is 0 Å². The van der Waals surface area contributed by atoms with E-state index in [2.05, 4.69) is 27.1 Å². The van der Waals surface area contributed by atoms with Gasteiger partial charge in [0, 0.05) is 6.72 Å². The van der Waals surface area contributed by atoms with Crippen LogP contribution in [-0.2, 0) is 11.3 Å². The summed E-state index contributed by atoms with van der Waals surface area (Å²) in [6.07, 6.45) is 1.53. The normalized spacial score (nSPS) is 15.6. The summed E-state index contributed by atoms with van der Waals surface area (Å²) in [7, 11) is 0. The maximum Gasteiger partial charge on any atom is 0.120 e. The number of hydrogen-bond acceptors (Lipinski definition) is 6. The molecule has 2 N–H and O–H groups in total. The van der Waals surface area contributed by atoms with Crippen LogP contribution in [0.25, 0.3) is 0 Å². The van der Waals surface area contributed by atoms with Gasteiger partial charge in [-0.25, -0.2) is 0 Å². The summed E-state index contributed by atoms with van der Waals surface area (Å²) in [6.45, 7) is 4.85. The summed E-state index contributed by atoms with van der Waals surface area (Å²) in [4.78, 5) is 4.08. The number of nitrogen functional groups attached to an aromatic ring is 1. The Bertz CT molecular complexity index is 462. The van der Waals surface area contributed by atoms with E-state index in [0.717, 1.165) is 0 Å². The van der Waals surface area contributed by atoms with Gasteiger partial charge in [-0.3, -0.25) is 4.98 Å². The maximum absolute atomic E-state index is 5.97. The lowest BCUT2D eigenvalue weighted by Crippen LogP contribution is -2.43. The van der Waals surface area contributed by atoms with Crippen LogP contribution in [0.2, 0.25) is 5.02 Å². The largest absolute Gasteiger partial charge is 0.397 e. The topological polar surface area (TPSA) is 88.5 Å². The Morgan fingerprint density at radius 2 is 2.39 bits per heavy atom. The molecule has 96 valence electrons. The number of nitrogens with two attached hydrogens (primary N) is 1. The number of anilines is 1. The van der Waals surface area contributed by atoms with Gasteiger partial charge in [-0.15, -0.1) is 0 Å². The number of aromatic nitrogens is 1. The molecule has 0 aromatic carbocycles. The highest BCUT2D eigenvalue weighted by Gasteiger charge is 2.25. The highest BCUT2D eigenvalue weighted by molar-refractivity contribution is 6.31. The molecular weight excluding hydrogens is 256 g/mol. The van der Waals surface area contributed by atoms with Gasteiger partial charge in [0.25, 0.3) is 0 Å². The van der Waals surface area contributed by atoms with E-state index in [4.69, 9.17) is 22.1 Å². The zero-order chi connectivity index (χ0) is 13.0. The Labute approximate surface area is 109 Å². The van der Waals surface area contributed by atoms with Crippen molar-refractivity contribution >= 4 is 24.0 Å². The first-order valence-corrected chi connectivity index (χ1v) is 5.69. The molecule has 0 radical (unpaired) electrons. The summed E-state index contributed by atoms with van der Waals surface area (Å²) < 4.78 is 5.04. The number of hydrogen-bond donors (Lipinski definition) is 1. The minimum Gasteiger partial charge on any atom is -0.397 e. The summed E-state index contributed by atoms with van der Waals surface area (Å²) >= 11 is 5.97. The van der Waals surface area contributed by atoms with Gasteiger partial charge in [0.15, 0.2) is 0 Å². The van der Waals surface area contributed by atoms with Crippen molar-refractivity contribution in [3.63, 3.8) is 0 Å². The standard InChI is InChI=1S/C10H13ClN6O/c1-13-17(8-5-18-6-8)16-15-4-10-9(11)2-7(12)3-14-10/h2-3,8H,1,4-6,12H2. The molecule has 8 heteroatoms.